The van der Waals surface area contributed by atoms with Crippen molar-refractivity contribution >= 4 is 6.08 Å². The van der Waals surface area contributed by atoms with E-state index in [1.54, 1.807) is 0 Å². The Morgan fingerprint density at radius 1 is 0.609 bits per heavy atom. The minimum atomic E-state index is -0.903. The van der Waals surface area contributed by atoms with Crippen LogP contribution in [0.4, 0.5) is 0 Å². The van der Waals surface area contributed by atoms with E-state index in [4.69, 9.17) is 9.47 Å². The van der Waals surface area contributed by atoms with Crippen LogP contribution in [-0.4, -0.2) is 0 Å². The maximum atomic E-state index is 6.33. The summed E-state index contributed by atoms with van der Waals surface area (Å²) in [7, 11) is 0. The van der Waals surface area contributed by atoms with Gasteiger partial charge in [0, 0.05) is 22.8 Å². The second kappa shape index (κ2) is 4.50. The van der Waals surface area contributed by atoms with Crippen LogP contribution in [0.5, 0.6) is 11.5 Å². The molecule has 2 heteroatoms. The fourth-order valence-corrected chi connectivity index (χ4v) is 3.33. The summed E-state index contributed by atoms with van der Waals surface area (Å²) in [5, 5.41) is 0. The number of hydrogen-bond donors (Lipinski definition) is 0. The smallest absolute Gasteiger partial charge is 0.299 e. The van der Waals surface area contributed by atoms with E-state index in [0.29, 0.717) is 0 Å². The van der Waals surface area contributed by atoms with Gasteiger partial charge in [0.15, 0.2) is 0 Å². The third-order valence-corrected chi connectivity index (χ3v) is 4.40. The summed E-state index contributed by atoms with van der Waals surface area (Å²) < 4.78 is 12.7. The summed E-state index contributed by atoms with van der Waals surface area (Å²) in [6.45, 7) is 0. The first-order chi connectivity index (χ1) is 11.4. The van der Waals surface area contributed by atoms with E-state index >= 15 is 0 Å². The molecule has 1 unspecified atom stereocenters. The first-order valence-electron chi connectivity index (χ1n) is 7.71. The van der Waals surface area contributed by atoms with Gasteiger partial charge in [-0.1, -0.05) is 60.7 Å². The summed E-state index contributed by atoms with van der Waals surface area (Å²) >= 11 is 0. The highest BCUT2D eigenvalue weighted by atomic mass is 16.7. The van der Waals surface area contributed by atoms with E-state index in [0.717, 1.165) is 33.8 Å². The minimum Gasteiger partial charge on any atom is -0.444 e. The van der Waals surface area contributed by atoms with Crippen molar-refractivity contribution in [1.29, 1.82) is 0 Å². The van der Waals surface area contributed by atoms with Gasteiger partial charge in [-0.15, -0.1) is 0 Å². The molecule has 2 heterocycles. The summed E-state index contributed by atoms with van der Waals surface area (Å²) in [5.41, 5.74) is 4.35. The molecule has 110 valence electrons. The molecule has 2 aliphatic rings. The van der Waals surface area contributed by atoms with E-state index < -0.39 is 5.79 Å². The van der Waals surface area contributed by atoms with E-state index in [-0.39, 0.29) is 0 Å². The predicted octanol–water partition coefficient (Wildman–Crippen LogP) is 5.00. The van der Waals surface area contributed by atoms with Crippen LogP contribution in [0.25, 0.3) is 17.2 Å². The molecular weight excluding hydrogens is 284 g/mol. The van der Waals surface area contributed by atoms with Crippen molar-refractivity contribution in [3.8, 4) is 22.6 Å². The van der Waals surface area contributed by atoms with Crippen molar-refractivity contribution in [1.82, 2.24) is 0 Å². The lowest BCUT2D eigenvalue weighted by Gasteiger charge is -2.39. The van der Waals surface area contributed by atoms with Crippen molar-refractivity contribution in [3.05, 3.63) is 90.0 Å². The second-order valence-corrected chi connectivity index (χ2v) is 5.78. The van der Waals surface area contributed by atoms with Crippen LogP contribution in [-0.2, 0) is 5.79 Å². The van der Waals surface area contributed by atoms with Crippen LogP contribution in [0.3, 0.4) is 0 Å². The first kappa shape index (κ1) is 12.5. The van der Waals surface area contributed by atoms with Gasteiger partial charge < -0.3 is 9.47 Å². The van der Waals surface area contributed by atoms with E-state index in [1.807, 2.05) is 54.6 Å². The van der Waals surface area contributed by atoms with Crippen LogP contribution >= 0.6 is 0 Å². The molecule has 0 saturated heterocycles. The zero-order valence-corrected chi connectivity index (χ0v) is 12.4. The summed E-state index contributed by atoms with van der Waals surface area (Å²) in [6.07, 6.45) is 4.08. The molecule has 0 radical (unpaired) electrons. The Balaban J connectivity index is 1.75. The lowest BCUT2D eigenvalue weighted by molar-refractivity contribution is -0.0805. The number of para-hydroxylation sites is 2. The third-order valence-electron chi connectivity index (χ3n) is 4.40. The van der Waals surface area contributed by atoms with Crippen LogP contribution in [0.1, 0.15) is 11.1 Å². The molecule has 0 saturated carbocycles. The molecule has 1 spiro atoms. The second-order valence-electron chi connectivity index (χ2n) is 5.78. The molecule has 3 aromatic rings. The maximum absolute atomic E-state index is 6.33. The Labute approximate surface area is 134 Å². The highest BCUT2D eigenvalue weighted by Crippen LogP contribution is 2.48. The van der Waals surface area contributed by atoms with Crippen molar-refractivity contribution in [2.24, 2.45) is 0 Å². The van der Waals surface area contributed by atoms with Crippen LogP contribution in [0.15, 0.2) is 78.9 Å². The van der Waals surface area contributed by atoms with Gasteiger partial charge in [-0.3, -0.25) is 0 Å². The highest BCUT2D eigenvalue weighted by molar-refractivity contribution is 5.78. The van der Waals surface area contributed by atoms with Crippen molar-refractivity contribution < 1.29 is 9.47 Å². The molecule has 0 fully saturated rings. The summed E-state index contributed by atoms with van der Waals surface area (Å²) in [4.78, 5) is 0. The molecule has 0 aromatic heterocycles. The van der Waals surface area contributed by atoms with Crippen molar-refractivity contribution in [2.45, 2.75) is 5.79 Å². The van der Waals surface area contributed by atoms with E-state index in [1.165, 1.54) is 0 Å². The average Bonchev–Trinajstić information content (AvgIpc) is 2.62. The molecular formula is C21H14O2. The molecule has 3 aromatic carbocycles. The third kappa shape index (κ3) is 1.75. The monoisotopic (exact) mass is 298 g/mol. The quantitative estimate of drug-likeness (QED) is 0.581. The molecule has 2 aliphatic heterocycles. The topological polar surface area (TPSA) is 18.5 Å². The molecule has 0 amide bonds. The number of rotatable bonds is 0. The Morgan fingerprint density at radius 2 is 1.26 bits per heavy atom. The van der Waals surface area contributed by atoms with Gasteiger partial charge in [0.1, 0.15) is 11.5 Å². The van der Waals surface area contributed by atoms with Gasteiger partial charge >= 0.3 is 0 Å². The van der Waals surface area contributed by atoms with Gasteiger partial charge in [0.2, 0.25) is 0 Å². The SMILES string of the molecule is C1=CC2(Oc3ccccc31)Oc1ccccc1-c1ccccc12. The highest BCUT2D eigenvalue weighted by Gasteiger charge is 2.42. The Kier molecular flexibility index (Phi) is 2.45. The molecule has 2 nitrogen and oxygen atoms in total. The summed E-state index contributed by atoms with van der Waals surface area (Å²) in [5.74, 6) is 0.777. The predicted molar refractivity (Wildman–Crippen MR) is 90.3 cm³/mol. The number of benzene rings is 3. The zero-order chi connectivity index (χ0) is 15.3. The first-order valence-corrected chi connectivity index (χ1v) is 7.71. The maximum Gasteiger partial charge on any atom is 0.299 e. The van der Waals surface area contributed by atoms with Crippen LogP contribution in [0, 0.1) is 0 Å². The molecule has 5 rings (SSSR count). The number of ether oxygens (including phenoxy) is 2. The Bertz CT molecular complexity index is 942. The minimum absolute atomic E-state index is 0.837. The summed E-state index contributed by atoms with van der Waals surface area (Å²) in [6, 6.07) is 24.4. The molecule has 0 bridgehead atoms. The average molecular weight is 298 g/mol. The zero-order valence-electron chi connectivity index (χ0n) is 12.4. The Morgan fingerprint density at radius 3 is 2.17 bits per heavy atom. The largest absolute Gasteiger partial charge is 0.444 e. The van der Waals surface area contributed by atoms with Gasteiger partial charge in [-0.05, 0) is 23.8 Å². The molecule has 23 heavy (non-hydrogen) atoms. The lowest BCUT2D eigenvalue weighted by atomic mass is 9.89. The normalized spacial score (nSPS) is 20.0. The van der Waals surface area contributed by atoms with E-state index in [2.05, 4.69) is 30.3 Å². The lowest BCUT2D eigenvalue weighted by Crippen LogP contribution is -2.41. The number of hydrogen-bond acceptors (Lipinski definition) is 2. The van der Waals surface area contributed by atoms with Gasteiger partial charge in [-0.2, -0.15) is 0 Å². The van der Waals surface area contributed by atoms with Gasteiger partial charge in [0.05, 0.1) is 0 Å². The number of fused-ring (bicyclic) bond motifs is 5. The van der Waals surface area contributed by atoms with Gasteiger partial charge in [-0.25, -0.2) is 0 Å². The van der Waals surface area contributed by atoms with Crippen molar-refractivity contribution in [3.63, 3.8) is 0 Å². The van der Waals surface area contributed by atoms with Crippen LogP contribution in [0.2, 0.25) is 0 Å². The van der Waals surface area contributed by atoms with Gasteiger partial charge in [0.25, 0.3) is 5.79 Å². The molecule has 1 atom stereocenters. The van der Waals surface area contributed by atoms with Crippen molar-refractivity contribution in [2.75, 3.05) is 0 Å². The fourth-order valence-electron chi connectivity index (χ4n) is 3.33. The molecule has 0 N–H and O–H groups in total. The standard InChI is InChI=1S/C21H14O2/c1-5-11-19-15(7-1)13-14-21(22-19)18-10-4-2-8-16(18)17-9-3-6-12-20(17)23-21/h1-14H. The van der Waals surface area contributed by atoms with E-state index in [9.17, 15) is 0 Å². The molecule has 0 aliphatic carbocycles. The Hall–Kier alpha value is -3.00. The fraction of sp³-hybridized carbons (Fsp3) is 0.0476. The van der Waals surface area contributed by atoms with Crippen LogP contribution < -0.4 is 9.47 Å².